The molecule has 0 aliphatic heterocycles. The maximum absolute atomic E-state index is 11.7. The molecule has 0 unspecified atom stereocenters. The van der Waals surface area contributed by atoms with Crippen molar-refractivity contribution in [2.45, 2.75) is 32.6 Å². The zero-order chi connectivity index (χ0) is 15.7. The Morgan fingerprint density at radius 3 is 2.57 bits per heavy atom. The van der Waals surface area contributed by atoms with Gasteiger partial charge in [-0.2, -0.15) is 0 Å². The highest BCUT2D eigenvalue weighted by Gasteiger charge is 2.06. The van der Waals surface area contributed by atoms with Gasteiger partial charge in [0.05, 0.1) is 5.56 Å². The third kappa shape index (κ3) is 7.10. The minimum atomic E-state index is -1.02. The first-order valence-corrected chi connectivity index (χ1v) is 6.86. The van der Waals surface area contributed by atoms with Crippen LogP contribution < -0.4 is 10.6 Å². The van der Waals surface area contributed by atoms with Gasteiger partial charge in [-0.15, -0.1) is 0 Å². The van der Waals surface area contributed by atoms with E-state index in [0.29, 0.717) is 18.7 Å². The van der Waals surface area contributed by atoms with Gasteiger partial charge in [-0.25, -0.2) is 4.79 Å². The summed E-state index contributed by atoms with van der Waals surface area (Å²) >= 11 is 0. The zero-order valence-corrected chi connectivity index (χ0v) is 12.0. The van der Waals surface area contributed by atoms with E-state index in [2.05, 4.69) is 10.6 Å². The van der Waals surface area contributed by atoms with Crippen molar-refractivity contribution in [3.8, 4) is 0 Å². The quantitative estimate of drug-likeness (QED) is 0.639. The van der Waals surface area contributed by atoms with Crippen molar-refractivity contribution in [2.24, 2.45) is 0 Å². The normalized spacial score (nSPS) is 9.95. The fourth-order valence-electron chi connectivity index (χ4n) is 1.81. The summed E-state index contributed by atoms with van der Waals surface area (Å²) in [4.78, 5) is 33.2. The van der Waals surface area contributed by atoms with Gasteiger partial charge < -0.3 is 15.7 Å². The molecule has 0 aliphatic carbocycles. The zero-order valence-electron chi connectivity index (χ0n) is 12.0. The Balaban J connectivity index is 2.26. The SMILES string of the molecule is CC(=O)NCCCCCC(=O)Nc1cccc(C(=O)O)c1. The molecule has 114 valence electrons. The van der Waals surface area contributed by atoms with Gasteiger partial charge in [0.15, 0.2) is 0 Å². The van der Waals surface area contributed by atoms with Crippen LogP contribution in [0.25, 0.3) is 0 Å². The molecule has 1 rings (SSSR count). The summed E-state index contributed by atoms with van der Waals surface area (Å²) in [5, 5.41) is 14.2. The van der Waals surface area contributed by atoms with E-state index in [9.17, 15) is 14.4 Å². The molecule has 0 atom stereocenters. The lowest BCUT2D eigenvalue weighted by atomic mass is 10.1. The van der Waals surface area contributed by atoms with Crippen LogP contribution in [0.4, 0.5) is 5.69 Å². The largest absolute Gasteiger partial charge is 0.478 e. The van der Waals surface area contributed by atoms with Crippen molar-refractivity contribution in [2.75, 3.05) is 11.9 Å². The minimum Gasteiger partial charge on any atom is -0.478 e. The molecule has 21 heavy (non-hydrogen) atoms. The fourth-order valence-corrected chi connectivity index (χ4v) is 1.81. The van der Waals surface area contributed by atoms with Crippen LogP contribution in [0.3, 0.4) is 0 Å². The maximum atomic E-state index is 11.7. The van der Waals surface area contributed by atoms with Gasteiger partial charge in [-0.05, 0) is 31.0 Å². The van der Waals surface area contributed by atoms with Gasteiger partial charge in [0, 0.05) is 25.6 Å². The van der Waals surface area contributed by atoms with Crippen LogP contribution >= 0.6 is 0 Å². The number of carbonyl (C=O) groups excluding carboxylic acids is 2. The summed E-state index contributed by atoms with van der Waals surface area (Å²) in [6.07, 6.45) is 2.78. The second-order valence-electron chi connectivity index (χ2n) is 4.73. The van der Waals surface area contributed by atoms with Crippen molar-refractivity contribution in [1.82, 2.24) is 5.32 Å². The van der Waals surface area contributed by atoms with Crippen LogP contribution in [0, 0.1) is 0 Å². The van der Waals surface area contributed by atoms with E-state index in [-0.39, 0.29) is 17.4 Å². The Hall–Kier alpha value is -2.37. The average molecular weight is 292 g/mol. The van der Waals surface area contributed by atoms with Crippen LogP contribution in [-0.4, -0.2) is 29.4 Å². The molecule has 0 saturated heterocycles. The Morgan fingerprint density at radius 1 is 1.14 bits per heavy atom. The minimum absolute atomic E-state index is 0.0499. The molecule has 0 spiro atoms. The molecular weight excluding hydrogens is 272 g/mol. The Bertz CT molecular complexity index is 514. The number of rotatable bonds is 8. The van der Waals surface area contributed by atoms with Gasteiger partial charge >= 0.3 is 5.97 Å². The molecule has 0 heterocycles. The number of carboxylic acids is 1. The number of anilines is 1. The van der Waals surface area contributed by atoms with E-state index in [1.165, 1.54) is 19.1 Å². The van der Waals surface area contributed by atoms with Crippen molar-refractivity contribution < 1.29 is 19.5 Å². The van der Waals surface area contributed by atoms with Crippen LogP contribution in [0.5, 0.6) is 0 Å². The third-order valence-electron chi connectivity index (χ3n) is 2.85. The molecule has 6 nitrogen and oxygen atoms in total. The topological polar surface area (TPSA) is 95.5 Å². The highest BCUT2D eigenvalue weighted by molar-refractivity contribution is 5.93. The van der Waals surface area contributed by atoms with Crippen molar-refractivity contribution in [3.05, 3.63) is 29.8 Å². The summed E-state index contributed by atoms with van der Waals surface area (Å²) in [5.41, 5.74) is 0.626. The molecule has 1 aromatic carbocycles. The number of hydrogen-bond acceptors (Lipinski definition) is 3. The lowest BCUT2D eigenvalue weighted by molar-refractivity contribution is -0.119. The lowest BCUT2D eigenvalue weighted by Gasteiger charge is -2.06. The molecule has 0 bridgehead atoms. The van der Waals surface area contributed by atoms with Crippen LogP contribution in [-0.2, 0) is 9.59 Å². The number of amides is 2. The molecule has 0 aliphatic rings. The second-order valence-corrected chi connectivity index (χ2v) is 4.73. The standard InChI is InChI=1S/C15H20N2O4/c1-11(18)16-9-4-2-3-8-14(19)17-13-7-5-6-12(10-13)15(20)21/h5-7,10H,2-4,8-9H2,1H3,(H,16,18)(H,17,19)(H,20,21). The molecule has 2 amide bonds. The van der Waals surface area contributed by atoms with Crippen LogP contribution in [0.1, 0.15) is 43.0 Å². The summed E-state index contributed by atoms with van der Waals surface area (Å²) in [7, 11) is 0. The molecule has 1 aromatic rings. The number of nitrogens with one attached hydrogen (secondary N) is 2. The van der Waals surface area contributed by atoms with Gasteiger partial charge in [0.2, 0.25) is 11.8 Å². The Morgan fingerprint density at radius 2 is 1.90 bits per heavy atom. The monoisotopic (exact) mass is 292 g/mol. The molecule has 0 fully saturated rings. The number of carbonyl (C=O) groups is 3. The highest BCUT2D eigenvalue weighted by atomic mass is 16.4. The number of hydrogen-bond donors (Lipinski definition) is 3. The number of carboxylic acid groups (broad SMARTS) is 1. The molecule has 3 N–H and O–H groups in total. The first-order valence-electron chi connectivity index (χ1n) is 6.86. The van der Waals surface area contributed by atoms with Crippen molar-refractivity contribution in [3.63, 3.8) is 0 Å². The van der Waals surface area contributed by atoms with E-state index in [1.54, 1.807) is 12.1 Å². The Kier molecular flexibility index (Phi) is 6.94. The van der Waals surface area contributed by atoms with E-state index in [4.69, 9.17) is 5.11 Å². The molecular formula is C15H20N2O4. The molecule has 0 aromatic heterocycles. The second kappa shape index (κ2) is 8.73. The van der Waals surface area contributed by atoms with Gasteiger partial charge in [0.25, 0.3) is 0 Å². The van der Waals surface area contributed by atoms with E-state index in [0.717, 1.165) is 19.3 Å². The summed E-state index contributed by atoms with van der Waals surface area (Å²) < 4.78 is 0. The number of unbranched alkanes of at least 4 members (excludes halogenated alkanes) is 2. The highest BCUT2D eigenvalue weighted by Crippen LogP contribution is 2.11. The van der Waals surface area contributed by atoms with E-state index >= 15 is 0 Å². The van der Waals surface area contributed by atoms with Crippen LogP contribution in [0.2, 0.25) is 0 Å². The van der Waals surface area contributed by atoms with Gasteiger partial charge in [-0.1, -0.05) is 12.5 Å². The van der Waals surface area contributed by atoms with Crippen molar-refractivity contribution >= 4 is 23.5 Å². The predicted molar refractivity (Wildman–Crippen MR) is 79.2 cm³/mol. The molecule has 0 radical (unpaired) electrons. The average Bonchev–Trinajstić information content (AvgIpc) is 2.42. The third-order valence-corrected chi connectivity index (χ3v) is 2.85. The smallest absolute Gasteiger partial charge is 0.335 e. The molecule has 0 saturated carbocycles. The first kappa shape index (κ1) is 16.7. The molecule has 6 heteroatoms. The predicted octanol–water partition coefficient (Wildman–Crippen LogP) is 2.02. The fraction of sp³-hybridized carbons (Fsp3) is 0.400. The Labute approximate surface area is 123 Å². The van der Waals surface area contributed by atoms with Gasteiger partial charge in [-0.3, -0.25) is 9.59 Å². The van der Waals surface area contributed by atoms with E-state index in [1.807, 2.05) is 0 Å². The summed E-state index contributed by atoms with van der Waals surface area (Å²) in [6, 6.07) is 6.14. The maximum Gasteiger partial charge on any atom is 0.335 e. The summed E-state index contributed by atoms with van der Waals surface area (Å²) in [6.45, 7) is 2.09. The number of aromatic carboxylic acids is 1. The first-order chi connectivity index (χ1) is 9.99. The van der Waals surface area contributed by atoms with E-state index < -0.39 is 5.97 Å². The lowest BCUT2D eigenvalue weighted by Crippen LogP contribution is -2.20. The summed E-state index contributed by atoms with van der Waals surface area (Å²) in [5.74, 6) is -1.22. The van der Waals surface area contributed by atoms with Gasteiger partial charge in [0.1, 0.15) is 0 Å². The van der Waals surface area contributed by atoms with Crippen molar-refractivity contribution in [1.29, 1.82) is 0 Å². The van der Waals surface area contributed by atoms with Crippen LogP contribution in [0.15, 0.2) is 24.3 Å². The number of benzene rings is 1.